The molecule has 1 atom stereocenters. The summed E-state index contributed by atoms with van der Waals surface area (Å²) in [6.07, 6.45) is 3.95. The van der Waals surface area contributed by atoms with Crippen molar-refractivity contribution < 1.29 is 23.8 Å². The van der Waals surface area contributed by atoms with Crippen molar-refractivity contribution in [3.63, 3.8) is 0 Å². The van der Waals surface area contributed by atoms with E-state index in [-0.39, 0.29) is 12.0 Å². The molecule has 2 rings (SSSR count). The van der Waals surface area contributed by atoms with E-state index in [9.17, 15) is 9.59 Å². The average molecular weight is 396 g/mol. The Hall–Kier alpha value is -2.21. The largest absolute Gasteiger partial charge is 0.493 e. The standard InChI is InChI=1S/C20H26ClNO5/c1-13(2)26-19-16(21)11-15(12-17(19)25-4)7-8-18(23)27-14(3)20(24)22-9-5-6-10-22/h7-8,11-14H,5-6,9-10H2,1-4H3/b8-7+/t14-/m0/s1. The molecule has 1 saturated heterocycles. The maximum absolute atomic E-state index is 12.2. The van der Waals surface area contributed by atoms with Gasteiger partial charge in [0.1, 0.15) is 0 Å². The molecule has 0 N–H and O–H groups in total. The van der Waals surface area contributed by atoms with E-state index in [2.05, 4.69) is 0 Å². The van der Waals surface area contributed by atoms with Crippen LogP contribution < -0.4 is 9.47 Å². The highest BCUT2D eigenvalue weighted by Crippen LogP contribution is 2.37. The molecule has 1 heterocycles. The number of methoxy groups -OCH3 is 1. The maximum atomic E-state index is 12.2. The van der Waals surface area contributed by atoms with Gasteiger partial charge in [-0.1, -0.05) is 11.6 Å². The van der Waals surface area contributed by atoms with Gasteiger partial charge in [-0.2, -0.15) is 0 Å². The minimum absolute atomic E-state index is 0.0533. The fourth-order valence-corrected chi connectivity index (χ4v) is 3.07. The van der Waals surface area contributed by atoms with Crippen molar-refractivity contribution in [3.8, 4) is 11.5 Å². The summed E-state index contributed by atoms with van der Waals surface area (Å²) in [5.74, 6) is 0.183. The molecule has 1 fully saturated rings. The fraction of sp³-hybridized carbons (Fsp3) is 0.500. The summed E-state index contributed by atoms with van der Waals surface area (Å²) in [6.45, 7) is 6.82. The second-order valence-electron chi connectivity index (χ2n) is 6.65. The minimum Gasteiger partial charge on any atom is -0.493 e. The molecule has 0 bridgehead atoms. The highest BCUT2D eigenvalue weighted by Gasteiger charge is 2.25. The molecule has 1 aromatic rings. The lowest BCUT2D eigenvalue weighted by molar-refractivity contribution is -0.154. The summed E-state index contributed by atoms with van der Waals surface area (Å²) in [6, 6.07) is 3.39. The summed E-state index contributed by atoms with van der Waals surface area (Å²) < 4.78 is 16.2. The van der Waals surface area contributed by atoms with Crippen LogP contribution in [0.1, 0.15) is 39.2 Å². The van der Waals surface area contributed by atoms with Crippen molar-refractivity contribution >= 4 is 29.6 Å². The Labute approximate surface area is 165 Å². The van der Waals surface area contributed by atoms with Gasteiger partial charge in [-0.15, -0.1) is 0 Å². The van der Waals surface area contributed by atoms with E-state index in [1.807, 2.05) is 13.8 Å². The van der Waals surface area contributed by atoms with Gasteiger partial charge in [0.25, 0.3) is 5.91 Å². The number of carbonyl (C=O) groups excluding carboxylic acids is 2. The number of rotatable bonds is 7. The number of carbonyl (C=O) groups is 2. The molecule has 0 unspecified atom stereocenters. The quantitative estimate of drug-likeness (QED) is 0.520. The second kappa shape index (κ2) is 9.65. The molecule has 0 aliphatic carbocycles. The summed E-state index contributed by atoms with van der Waals surface area (Å²) in [5, 5.41) is 0.383. The Bertz CT molecular complexity index is 711. The Morgan fingerprint density at radius 1 is 1.19 bits per heavy atom. The third-order valence-electron chi connectivity index (χ3n) is 4.08. The van der Waals surface area contributed by atoms with Crippen LogP contribution in [0.15, 0.2) is 18.2 Å². The summed E-state index contributed by atoms with van der Waals surface area (Å²) in [5.41, 5.74) is 0.656. The molecular formula is C20H26ClNO5. The van der Waals surface area contributed by atoms with Crippen LogP contribution in [-0.2, 0) is 14.3 Å². The van der Waals surface area contributed by atoms with Crippen molar-refractivity contribution in [2.45, 2.75) is 45.8 Å². The normalized spacial score (nSPS) is 15.3. The number of ether oxygens (including phenoxy) is 3. The van der Waals surface area contributed by atoms with Crippen LogP contribution >= 0.6 is 11.6 Å². The lowest BCUT2D eigenvalue weighted by Crippen LogP contribution is -2.37. The first kappa shape index (κ1) is 21.1. The first-order valence-electron chi connectivity index (χ1n) is 9.03. The number of esters is 1. The molecule has 1 aliphatic heterocycles. The van der Waals surface area contributed by atoms with Crippen LogP contribution in [0.2, 0.25) is 5.02 Å². The summed E-state index contributed by atoms with van der Waals surface area (Å²) >= 11 is 6.27. The summed E-state index contributed by atoms with van der Waals surface area (Å²) in [4.78, 5) is 25.9. The van der Waals surface area contributed by atoms with Crippen molar-refractivity contribution in [2.75, 3.05) is 20.2 Å². The molecule has 1 amide bonds. The van der Waals surface area contributed by atoms with Gasteiger partial charge in [0.2, 0.25) is 0 Å². The highest BCUT2D eigenvalue weighted by atomic mass is 35.5. The van der Waals surface area contributed by atoms with Gasteiger partial charge in [-0.3, -0.25) is 4.79 Å². The van der Waals surface area contributed by atoms with E-state index in [1.165, 1.54) is 13.2 Å². The third kappa shape index (κ3) is 5.89. The van der Waals surface area contributed by atoms with Crippen molar-refractivity contribution in [1.29, 1.82) is 0 Å². The van der Waals surface area contributed by atoms with Crippen molar-refractivity contribution in [3.05, 3.63) is 28.8 Å². The highest BCUT2D eigenvalue weighted by molar-refractivity contribution is 6.32. The van der Waals surface area contributed by atoms with E-state index in [4.69, 9.17) is 25.8 Å². The summed E-state index contributed by atoms with van der Waals surface area (Å²) in [7, 11) is 1.52. The zero-order chi connectivity index (χ0) is 20.0. The van der Waals surface area contributed by atoms with Crippen LogP contribution in [-0.4, -0.2) is 49.2 Å². The molecule has 7 heteroatoms. The Morgan fingerprint density at radius 2 is 1.85 bits per heavy atom. The molecule has 6 nitrogen and oxygen atoms in total. The number of likely N-dealkylation sites (tertiary alicyclic amines) is 1. The monoisotopic (exact) mass is 395 g/mol. The van der Waals surface area contributed by atoms with Gasteiger partial charge in [-0.25, -0.2) is 4.79 Å². The first-order chi connectivity index (χ1) is 12.8. The topological polar surface area (TPSA) is 65.1 Å². The molecule has 0 aromatic heterocycles. The number of nitrogens with zero attached hydrogens (tertiary/aromatic N) is 1. The minimum atomic E-state index is -0.805. The van der Waals surface area contributed by atoms with Gasteiger partial charge in [0.05, 0.1) is 18.2 Å². The SMILES string of the molecule is COc1cc(/C=C/C(=O)O[C@@H](C)C(=O)N2CCCC2)cc(Cl)c1OC(C)C. The number of hydrogen-bond donors (Lipinski definition) is 0. The fourth-order valence-electron chi connectivity index (χ4n) is 2.81. The molecule has 1 aromatic carbocycles. The number of hydrogen-bond acceptors (Lipinski definition) is 5. The van der Waals surface area contributed by atoms with Crippen LogP contribution in [0.25, 0.3) is 6.08 Å². The van der Waals surface area contributed by atoms with Crippen LogP contribution in [0, 0.1) is 0 Å². The van der Waals surface area contributed by atoms with E-state index < -0.39 is 12.1 Å². The van der Waals surface area contributed by atoms with E-state index in [0.717, 1.165) is 25.9 Å². The molecular weight excluding hydrogens is 370 g/mol. The van der Waals surface area contributed by atoms with E-state index in [0.29, 0.717) is 22.1 Å². The van der Waals surface area contributed by atoms with Crippen LogP contribution in [0.3, 0.4) is 0 Å². The lowest BCUT2D eigenvalue weighted by atomic mass is 10.2. The molecule has 148 valence electrons. The number of amides is 1. The molecule has 0 saturated carbocycles. The Balaban J connectivity index is 2.02. The van der Waals surface area contributed by atoms with E-state index in [1.54, 1.807) is 30.0 Å². The van der Waals surface area contributed by atoms with Gasteiger partial charge in [-0.05, 0) is 57.4 Å². The first-order valence-corrected chi connectivity index (χ1v) is 9.41. The lowest BCUT2D eigenvalue weighted by Gasteiger charge is -2.19. The average Bonchev–Trinajstić information content (AvgIpc) is 3.15. The Kier molecular flexibility index (Phi) is 7.54. The Morgan fingerprint density at radius 3 is 2.44 bits per heavy atom. The zero-order valence-electron chi connectivity index (χ0n) is 16.2. The van der Waals surface area contributed by atoms with Crippen molar-refractivity contribution in [2.24, 2.45) is 0 Å². The predicted octanol–water partition coefficient (Wildman–Crippen LogP) is 3.70. The predicted molar refractivity (Wildman–Crippen MR) is 104 cm³/mol. The van der Waals surface area contributed by atoms with Gasteiger partial charge >= 0.3 is 5.97 Å². The van der Waals surface area contributed by atoms with Gasteiger partial charge in [0, 0.05) is 19.2 Å². The molecule has 0 radical (unpaired) electrons. The number of halogens is 1. The zero-order valence-corrected chi connectivity index (χ0v) is 16.9. The van der Waals surface area contributed by atoms with E-state index >= 15 is 0 Å². The van der Waals surface area contributed by atoms with Crippen molar-refractivity contribution in [1.82, 2.24) is 4.90 Å². The van der Waals surface area contributed by atoms with Gasteiger partial charge in [0.15, 0.2) is 17.6 Å². The smallest absolute Gasteiger partial charge is 0.331 e. The third-order valence-corrected chi connectivity index (χ3v) is 4.36. The van der Waals surface area contributed by atoms with Gasteiger partial charge < -0.3 is 19.1 Å². The molecule has 0 spiro atoms. The van der Waals surface area contributed by atoms with Crippen LogP contribution in [0.5, 0.6) is 11.5 Å². The second-order valence-corrected chi connectivity index (χ2v) is 7.05. The number of benzene rings is 1. The van der Waals surface area contributed by atoms with Crippen LogP contribution in [0.4, 0.5) is 0 Å². The molecule has 27 heavy (non-hydrogen) atoms. The maximum Gasteiger partial charge on any atom is 0.331 e. The molecule has 1 aliphatic rings.